The molecule has 0 bridgehead atoms. The molecule has 0 fully saturated rings. The predicted molar refractivity (Wildman–Crippen MR) is 115 cm³/mol. The Bertz CT molecular complexity index is 1250. The first-order valence-corrected chi connectivity index (χ1v) is 9.33. The minimum absolute atomic E-state index is 0.0562. The SMILES string of the molecule is Nc1cc(F)ccc1CC(=O)c1ccc(C(=O)Nc2cccc3ncccc23)cc1. The van der Waals surface area contributed by atoms with Crippen LogP contribution >= 0.6 is 0 Å². The normalized spacial score (nSPS) is 10.7. The van der Waals surface area contributed by atoms with Crippen molar-refractivity contribution in [1.82, 2.24) is 4.98 Å². The number of amides is 1. The van der Waals surface area contributed by atoms with Crippen LogP contribution in [0.15, 0.2) is 79.0 Å². The van der Waals surface area contributed by atoms with Gasteiger partial charge in [0, 0.05) is 34.8 Å². The molecule has 1 heterocycles. The zero-order valence-corrected chi connectivity index (χ0v) is 15.9. The van der Waals surface area contributed by atoms with Gasteiger partial charge in [0.2, 0.25) is 0 Å². The molecule has 1 aromatic heterocycles. The fourth-order valence-corrected chi connectivity index (χ4v) is 3.22. The van der Waals surface area contributed by atoms with E-state index in [2.05, 4.69) is 10.3 Å². The second-order valence-corrected chi connectivity index (χ2v) is 6.85. The third kappa shape index (κ3) is 4.03. The van der Waals surface area contributed by atoms with Gasteiger partial charge in [-0.2, -0.15) is 0 Å². The van der Waals surface area contributed by atoms with E-state index in [1.807, 2.05) is 30.3 Å². The van der Waals surface area contributed by atoms with Gasteiger partial charge in [-0.15, -0.1) is 0 Å². The van der Waals surface area contributed by atoms with Gasteiger partial charge in [0.1, 0.15) is 5.82 Å². The summed E-state index contributed by atoms with van der Waals surface area (Å²) < 4.78 is 13.2. The van der Waals surface area contributed by atoms with Crippen molar-refractivity contribution in [3.05, 3.63) is 102 Å². The van der Waals surface area contributed by atoms with E-state index in [0.29, 0.717) is 22.4 Å². The summed E-state index contributed by atoms with van der Waals surface area (Å²) in [6.45, 7) is 0. The van der Waals surface area contributed by atoms with E-state index >= 15 is 0 Å². The Morgan fingerprint density at radius 3 is 2.47 bits per heavy atom. The highest BCUT2D eigenvalue weighted by Gasteiger charge is 2.13. The molecule has 0 saturated heterocycles. The first-order valence-electron chi connectivity index (χ1n) is 9.33. The maximum absolute atomic E-state index is 13.2. The van der Waals surface area contributed by atoms with Crippen LogP contribution in [-0.2, 0) is 6.42 Å². The molecule has 0 unspecified atom stereocenters. The molecule has 4 aromatic rings. The van der Waals surface area contributed by atoms with Crippen LogP contribution in [-0.4, -0.2) is 16.7 Å². The molecule has 30 heavy (non-hydrogen) atoms. The number of nitrogen functional groups attached to an aromatic ring is 1. The number of hydrogen-bond donors (Lipinski definition) is 2. The average molecular weight is 399 g/mol. The number of carbonyl (C=O) groups excluding carboxylic acids is 2. The van der Waals surface area contributed by atoms with E-state index in [1.54, 1.807) is 30.5 Å². The number of nitrogens with one attached hydrogen (secondary N) is 1. The Kier molecular flexibility index (Phi) is 5.22. The van der Waals surface area contributed by atoms with Crippen molar-refractivity contribution >= 4 is 34.0 Å². The maximum Gasteiger partial charge on any atom is 0.255 e. The number of benzene rings is 3. The van der Waals surface area contributed by atoms with Gasteiger partial charge in [0.15, 0.2) is 5.78 Å². The Balaban J connectivity index is 1.48. The average Bonchev–Trinajstić information content (AvgIpc) is 2.76. The molecular formula is C24H18FN3O2. The molecule has 0 radical (unpaired) electrons. The summed E-state index contributed by atoms with van der Waals surface area (Å²) in [5.74, 6) is -0.894. The summed E-state index contributed by atoms with van der Waals surface area (Å²) in [6, 6.07) is 19.6. The van der Waals surface area contributed by atoms with Crippen LogP contribution in [0.3, 0.4) is 0 Å². The Morgan fingerprint density at radius 2 is 1.70 bits per heavy atom. The van der Waals surface area contributed by atoms with E-state index in [1.165, 1.54) is 18.2 Å². The van der Waals surface area contributed by atoms with Crippen LogP contribution in [0.5, 0.6) is 0 Å². The Labute approximate surface area is 172 Å². The standard InChI is InChI=1S/C24H18FN3O2/c25-18-11-10-17(20(26)14-18)13-23(29)15-6-8-16(9-7-15)24(30)28-22-5-1-4-21-19(22)3-2-12-27-21/h1-12,14H,13,26H2,(H,28,30). The van der Waals surface area contributed by atoms with Gasteiger partial charge in [0.25, 0.3) is 5.91 Å². The fraction of sp³-hybridized carbons (Fsp3) is 0.0417. The Morgan fingerprint density at radius 1 is 0.933 bits per heavy atom. The molecule has 1 amide bonds. The summed E-state index contributed by atoms with van der Waals surface area (Å²) in [5, 5.41) is 3.73. The second kappa shape index (κ2) is 8.13. The lowest BCUT2D eigenvalue weighted by Gasteiger charge is -2.09. The first-order chi connectivity index (χ1) is 14.5. The molecular weight excluding hydrogens is 381 g/mol. The number of ketones is 1. The van der Waals surface area contributed by atoms with Crippen molar-refractivity contribution in [3.8, 4) is 0 Å². The third-order valence-electron chi connectivity index (χ3n) is 4.82. The molecule has 0 spiro atoms. The highest BCUT2D eigenvalue weighted by molar-refractivity contribution is 6.09. The molecule has 0 aliphatic carbocycles. The molecule has 0 atom stereocenters. The number of rotatable bonds is 5. The number of carbonyl (C=O) groups is 2. The maximum atomic E-state index is 13.2. The number of fused-ring (bicyclic) bond motifs is 1. The lowest BCUT2D eigenvalue weighted by molar-refractivity contribution is 0.0989. The zero-order valence-electron chi connectivity index (χ0n) is 15.9. The van der Waals surface area contributed by atoms with Crippen LogP contribution in [0.4, 0.5) is 15.8 Å². The van der Waals surface area contributed by atoms with Gasteiger partial charge >= 0.3 is 0 Å². The molecule has 0 aliphatic rings. The number of hydrogen-bond acceptors (Lipinski definition) is 4. The summed E-state index contributed by atoms with van der Waals surface area (Å²) in [4.78, 5) is 29.4. The van der Waals surface area contributed by atoms with Crippen molar-refractivity contribution in [2.75, 3.05) is 11.1 Å². The van der Waals surface area contributed by atoms with Crippen molar-refractivity contribution in [2.45, 2.75) is 6.42 Å². The fourth-order valence-electron chi connectivity index (χ4n) is 3.22. The molecule has 148 valence electrons. The van der Waals surface area contributed by atoms with Gasteiger partial charge in [-0.1, -0.05) is 24.3 Å². The first kappa shape index (κ1) is 19.3. The lowest BCUT2D eigenvalue weighted by atomic mass is 10.0. The topological polar surface area (TPSA) is 85.1 Å². The molecule has 6 heteroatoms. The smallest absolute Gasteiger partial charge is 0.255 e. The summed E-state index contributed by atoms with van der Waals surface area (Å²) in [7, 11) is 0. The van der Waals surface area contributed by atoms with Crippen LogP contribution in [0.1, 0.15) is 26.3 Å². The minimum atomic E-state index is -0.443. The highest BCUT2D eigenvalue weighted by Crippen LogP contribution is 2.22. The van der Waals surface area contributed by atoms with Gasteiger partial charge in [-0.05, 0) is 54.1 Å². The molecule has 0 saturated carbocycles. The third-order valence-corrected chi connectivity index (χ3v) is 4.82. The monoisotopic (exact) mass is 399 g/mol. The molecule has 4 rings (SSSR count). The van der Waals surface area contributed by atoms with E-state index < -0.39 is 5.82 Å². The summed E-state index contributed by atoms with van der Waals surface area (Å²) in [5.41, 5.74) is 8.90. The van der Waals surface area contributed by atoms with E-state index in [9.17, 15) is 14.0 Å². The molecule has 0 aliphatic heterocycles. The van der Waals surface area contributed by atoms with Gasteiger partial charge in [-0.3, -0.25) is 14.6 Å². The number of pyridine rings is 1. The van der Waals surface area contributed by atoms with E-state index in [4.69, 9.17) is 5.73 Å². The largest absolute Gasteiger partial charge is 0.398 e. The Hall–Kier alpha value is -4.06. The summed E-state index contributed by atoms with van der Waals surface area (Å²) in [6.07, 6.45) is 1.75. The number of anilines is 2. The number of aromatic nitrogens is 1. The molecule has 3 N–H and O–H groups in total. The number of Topliss-reactive ketones (excluding diaryl/α,β-unsaturated/α-hetero) is 1. The number of nitrogens with zero attached hydrogens (tertiary/aromatic N) is 1. The number of halogens is 1. The van der Waals surface area contributed by atoms with Crippen LogP contribution in [0.2, 0.25) is 0 Å². The van der Waals surface area contributed by atoms with E-state index in [0.717, 1.165) is 10.9 Å². The van der Waals surface area contributed by atoms with E-state index in [-0.39, 0.29) is 23.8 Å². The zero-order chi connectivity index (χ0) is 21.1. The van der Waals surface area contributed by atoms with Gasteiger partial charge < -0.3 is 11.1 Å². The van der Waals surface area contributed by atoms with Crippen molar-refractivity contribution < 1.29 is 14.0 Å². The van der Waals surface area contributed by atoms with Crippen LogP contribution in [0.25, 0.3) is 10.9 Å². The minimum Gasteiger partial charge on any atom is -0.398 e. The van der Waals surface area contributed by atoms with Crippen LogP contribution in [0, 0.1) is 5.82 Å². The summed E-state index contributed by atoms with van der Waals surface area (Å²) >= 11 is 0. The van der Waals surface area contributed by atoms with Gasteiger partial charge in [0.05, 0.1) is 11.2 Å². The van der Waals surface area contributed by atoms with Gasteiger partial charge in [-0.25, -0.2) is 4.39 Å². The molecule has 3 aromatic carbocycles. The predicted octanol–water partition coefficient (Wildman–Crippen LogP) is 4.63. The second-order valence-electron chi connectivity index (χ2n) is 6.85. The number of nitrogens with two attached hydrogens (primary N) is 1. The van der Waals surface area contributed by atoms with Crippen molar-refractivity contribution in [1.29, 1.82) is 0 Å². The quantitative estimate of drug-likeness (QED) is 0.378. The van der Waals surface area contributed by atoms with Crippen molar-refractivity contribution in [3.63, 3.8) is 0 Å². The lowest BCUT2D eigenvalue weighted by Crippen LogP contribution is -2.13. The highest BCUT2D eigenvalue weighted by atomic mass is 19.1. The van der Waals surface area contributed by atoms with Crippen LogP contribution < -0.4 is 11.1 Å². The van der Waals surface area contributed by atoms with Crippen molar-refractivity contribution in [2.24, 2.45) is 0 Å². The molecule has 5 nitrogen and oxygen atoms in total.